The topological polar surface area (TPSA) is 86.8 Å². The van der Waals surface area contributed by atoms with Crippen LogP contribution in [0.2, 0.25) is 0 Å². The first-order valence-electron chi connectivity index (χ1n) is 5.58. The number of nitrogens with two attached hydrogens (primary N) is 1. The number of amides is 1. The smallest absolute Gasteiger partial charge is 0.407 e. The van der Waals surface area contributed by atoms with Gasteiger partial charge in [-0.1, -0.05) is 24.3 Å². The lowest BCUT2D eigenvalue weighted by Crippen LogP contribution is -2.52. The lowest BCUT2D eigenvalue weighted by molar-refractivity contribution is 0.0431. The number of carbonyl (C=O) groups is 1. The summed E-state index contributed by atoms with van der Waals surface area (Å²) in [6.07, 6.45) is -1.32. The van der Waals surface area contributed by atoms with E-state index in [0.29, 0.717) is 13.0 Å². The minimum atomic E-state index is -1.02. The van der Waals surface area contributed by atoms with E-state index in [1.54, 1.807) is 0 Å². The van der Waals surface area contributed by atoms with Crippen LogP contribution in [0.25, 0.3) is 0 Å². The molecular weight excluding hydrogens is 220 g/mol. The van der Waals surface area contributed by atoms with E-state index in [1.807, 2.05) is 24.3 Å². The number of fused-ring (bicyclic) bond motifs is 1. The Kier molecular flexibility index (Phi) is 3.31. The normalized spacial score (nSPS) is 20.8. The van der Waals surface area contributed by atoms with Gasteiger partial charge in [0.25, 0.3) is 0 Å². The summed E-state index contributed by atoms with van der Waals surface area (Å²) in [7, 11) is 0. The van der Waals surface area contributed by atoms with Crippen molar-refractivity contribution in [2.24, 2.45) is 5.73 Å². The lowest BCUT2D eigenvalue weighted by Gasteiger charge is -2.37. The molecule has 1 aromatic carbocycles. The van der Waals surface area contributed by atoms with E-state index >= 15 is 0 Å². The third-order valence-corrected chi connectivity index (χ3v) is 3.22. The number of aliphatic hydroxyl groups excluding tert-OH is 1. The Balaban J connectivity index is 2.31. The zero-order valence-electron chi connectivity index (χ0n) is 9.41. The maximum atomic E-state index is 11.2. The van der Waals surface area contributed by atoms with E-state index in [-0.39, 0.29) is 6.54 Å². The van der Waals surface area contributed by atoms with E-state index in [4.69, 9.17) is 10.8 Å². The molecule has 2 atom stereocenters. The molecule has 1 heterocycles. The maximum absolute atomic E-state index is 11.2. The predicted octanol–water partition coefficient (Wildman–Crippen LogP) is 0.411. The third kappa shape index (κ3) is 2.25. The van der Waals surface area contributed by atoms with Crippen molar-refractivity contribution >= 4 is 6.09 Å². The molecule has 1 aromatic rings. The van der Waals surface area contributed by atoms with Crippen LogP contribution < -0.4 is 5.73 Å². The quantitative estimate of drug-likeness (QED) is 0.694. The number of aliphatic hydroxyl groups is 1. The van der Waals surface area contributed by atoms with Gasteiger partial charge in [-0.25, -0.2) is 4.79 Å². The number of hydrogen-bond acceptors (Lipinski definition) is 3. The van der Waals surface area contributed by atoms with Gasteiger partial charge in [-0.2, -0.15) is 0 Å². The Morgan fingerprint density at radius 1 is 1.47 bits per heavy atom. The molecule has 0 spiro atoms. The SMILES string of the molecule is NC[C@H](O)[C@@H]1Cc2ccccc2CN1C(=O)O. The summed E-state index contributed by atoms with van der Waals surface area (Å²) in [6, 6.07) is 7.23. The summed E-state index contributed by atoms with van der Waals surface area (Å²) < 4.78 is 0. The van der Waals surface area contributed by atoms with Crippen molar-refractivity contribution in [3.63, 3.8) is 0 Å². The molecule has 4 N–H and O–H groups in total. The van der Waals surface area contributed by atoms with Gasteiger partial charge in [0.2, 0.25) is 0 Å². The molecule has 5 nitrogen and oxygen atoms in total. The minimum absolute atomic E-state index is 0.0661. The largest absolute Gasteiger partial charge is 0.465 e. The highest BCUT2D eigenvalue weighted by Gasteiger charge is 2.33. The molecule has 0 fully saturated rings. The zero-order chi connectivity index (χ0) is 12.4. The molecule has 0 saturated heterocycles. The number of nitrogens with zero attached hydrogens (tertiary/aromatic N) is 1. The molecule has 1 aliphatic rings. The molecule has 5 heteroatoms. The highest BCUT2D eigenvalue weighted by molar-refractivity contribution is 5.66. The van der Waals surface area contributed by atoms with Crippen molar-refractivity contribution in [3.05, 3.63) is 35.4 Å². The fourth-order valence-electron chi connectivity index (χ4n) is 2.26. The van der Waals surface area contributed by atoms with Crippen LogP contribution in [0.5, 0.6) is 0 Å². The van der Waals surface area contributed by atoms with Crippen LogP contribution >= 0.6 is 0 Å². The summed E-state index contributed by atoms with van der Waals surface area (Å²) in [5.41, 5.74) is 7.50. The van der Waals surface area contributed by atoms with Crippen molar-refractivity contribution in [2.45, 2.75) is 25.1 Å². The van der Waals surface area contributed by atoms with Gasteiger partial charge in [-0.3, -0.25) is 4.90 Å². The fraction of sp³-hybridized carbons (Fsp3) is 0.417. The molecule has 1 amide bonds. The molecule has 17 heavy (non-hydrogen) atoms. The van der Waals surface area contributed by atoms with E-state index in [1.165, 1.54) is 4.90 Å². The van der Waals surface area contributed by atoms with Gasteiger partial charge in [0.1, 0.15) is 0 Å². The molecular formula is C12H16N2O3. The second-order valence-corrected chi connectivity index (χ2v) is 4.25. The Bertz CT molecular complexity index is 422. The highest BCUT2D eigenvalue weighted by Crippen LogP contribution is 2.24. The van der Waals surface area contributed by atoms with E-state index in [2.05, 4.69) is 0 Å². The Morgan fingerprint density at radius 3 is 2.71 bits per heavy atom. The minimum Gasteiger partial charge on any atom is -0.465 e. The first-order valence-corrected chi connectivity index (χ1v) is 5.58. The summed E-state index contributed by atoms with van der Waals surface area (Å²) in [4.78, 5) is 12.4. The van der Waals surface area contributed by atoms with Crippen LogP contribution in [0, 0.1) is 0 Å². The Hall–Kier alpha value is -1.59. The number of carboxylic acid groups (broad SMARTS) is 1. The van der Waals surface area contributed by atoms with Crippen molar-refractivity contribution in [2.75, 3.05) is 6.54 Å². The van der Waals surface area contributed by atoms with E-state index in [0.717, 1.165) is 11.1 Å². The van der Waals surface area contributed by atoms with Crippen LogP contribution in [0.15, 0.2) is 24.3 Å². The van der Waals surface area contributed by atoms with Gasteiger partial charge in [0.05, 0.1) is 12.1 Å². The number of benzene rings is 1. The van der Waals surface area contributed by atoms with Crippen molar-refractivity contribution in [1.29, 1.82) is 0 Å². The van der Waals surface area contributed by atoms with Gasteiger partial charge in [0, 0.05) is 13.1 Å². The lowest BCUT2D eigenvalue weighted by atomic mass is 9.91. The van der Waals surface area contributed by atoms with Gasteiger partial charge in [0.15, 0.2) is 0 Å². The standard InChI is InChI=1S/C12H16N2O3/c13-6-11(15)10-5-8-3-1-2-4-9(8)7-14(10)12(16)17/h1-4,10-11,15H,5-7,13H2,(H,16,17)/t10-,11-/m0/s1. The third-order valence-electron chi connectivity index (χ3n) is 3.22. The second-order valence-electron chi connectivity index (χ2n) is 4.25. The molecule has 0 saturated carbocycles. The molecule has 0 bridgehead atoms. The Morgan fingerprint density at radius 2 is 2.12 bits per heavy atom. The molecule has 0 unspecified atom stereocenters. The predicted molar refractivity (Wildman–Crippen MR) is 62.6 cm³/mol. The zero-order valence-corrected chi connectivity index (χ0v) is 9.41. The molecule has 0 aliphatic carbocycles. The van der Waals surface area contributed by atoms with Crippen LogP contribution in [-0.4, -0.2) is 39.9 Å². The van der Waals surface area contributed by atoms with Crippen LogP contribution in [0.1, 0.15) is 11.1 Å². The Labute approximate surface area is 99.5 Å². The van der Waals surface area contributed by atoms with Gasteiger partial charge >= 0.3 is 6.09 Å². The van der Waals surface area contributed by atoms with Crippen molar-refractivity contribution in [3.8, 4) is 0 Å². The van der Waals surface area contributed by atoms with Crippen molar-refractivity contribution < 1.29 is 15.0 Å². The monoisotopic (exact) mass is 236 g/mol. The summed E-state index contributed by atoms with van der Waals surface area (Å²) >= 11 is 0. The molecule has 0 aromatic heterocycles. The van der Waals surface area contributed by atoms with Gasteiger partial charge in [-0.05, 0) is 17.5 Å². The maximum Gasteiger partial charge on any atom is 0.407 e. The average molecular weight is 236 g/mol. The molecule has 0 radical (unpaired) electrons. The van der Waals surface area contributed by atoms with Crippen molar-refractivity contribution in [1.82, 2.24) is 4.90 Å². The van der Waals surface area contributed by atoms with Crippen LogP contribution in [-0.2, 0) is 13.0 Å². The summed E-state index contributed by atoms with van der Waals surface area (Å²) in [5.74, 6) is 0. The van der Waals surface area contributed by atoms with E-state index < -0.39 is 18.2 Å². The molecule has 2 rings (SSSR count). The average Bonchev–Trinajstić information content (AvgIpc) is 2.36. The first kappa shape index (κ1) is 11.9. The van der Waals surface area contributed by atoms with Crippen LogP contribution in [0.4, 0.5) is 4.79 Å². The molecule has 1 aliphatic heterocycles. The van der Waals surface area contributed by atoms with Crippen LogP contribution in [0.3, 0.4) is 0 Å². The fourth-order valence-corrected chi connectivity index (χ4v) is 2.26. The highest BCUT2D eigenvalue weighted by atomic mass is 16.4. The second kappa shape index (κ2) is 4.73. The van der Waals surface area contributed by atoms with Gasteiger partial charge < -0.3 is 15.9 Å². The molecule has 92 valence electrons. The summed E-state index contributed by atoms with van der Waals surface area (Å²) in [6.45, 7) is 0.379. The van der Waals surface area contributed by atoms with E-state index in [9.17, 15) is 9.90 Å². The first-order chi connectivity index (χ1) is 8.13. The van der Waals surface area contributed by atoms with Gasteiger partial charge in [-0.15, -0.1) is 0 Å². The summed E-state index contributed by atoms with van der Waals surface area (Å²) in [5, 5.41) is 19.0. The number of rotatable bonds is 2. The number of hydrogen-bond donors (Lipinski definition) is 3.